The number of unbranched alkanes of at least 4 members (excludes halogenated alkanes) is 1. The minimum absolute atomic E-state index is 0.0204. The van der Waals surface area contributed by atoms with Crippen LogP contribution in [0.4, 0.5) is 4.79 Å². The van der Waals surface area contributed by atoms with Crippen LogP contribution in [0.3, 0.4) is 0 Å². The Kier molecular flexibility index (Phi) is 11.7. The maximum Gasteiger partial charge on any atom is 0.413 e. The van der Waals surface area contributed by atoms with Gasteiger partial charge >= 0.3 is 6.09 Å². The summed E-state index contributed by atoms with van der Waals surface area (Å²) in [5.41, 5.74) is 7.32. The molecule has 3 rings (SSSR count). The number of ketones is 1. The van der Waals surface area contributed by atoms with Crippen molar-refractivity contribution in [2.75, 3.05) is 32.7 Å². The lowest BCUT2D eigenvalue weighted by atomic mass is 10.1. The Balaban J connectivity index is 1.47. The zero-order valence-electron chi connectivity index (χ0n) is 22.6. The van der Waals surface area contributed by atoms with Gasteiger partial charge in [0.1, 0.15) is 16.5 Å². The molecule has 11 nitrogen and oxygen atoms in total. The van der Waals surface area contributed by atoms with Gasteiger partial charge in [-0.15, -0.1) is 0 Å². The van der Waals surface area contributed by atoms with Gasteiger partial charge in [0.25, 0.3) is 0 Å². The van der Waals surface area contributed by atoms with Gasteiger partial charge in [0.2, 0.25) is 15.9 Å². The molecule has 0 atom stereocenters. The highest BCUT2D eigenvalue weighted by atomic mass is 35.5. The van der Waals surface area contributed by atoms with E-state index in [1.54, 1.807) is 19.1 Å². The Bertz CT molecular complexity index is 1420. The summed E-state index contributed by atoms with van der Waals surface area (Å²) in [6, 6.07) is 10.1. The molecule has 0 saturated heterocycles. The molecule has 1 aliphatic heterocycles. The molecule has 1 heterocycles. The summed E-state index contributed by atoms with van der Waals surface area (Å²) in [4.78, 5) is 40.4. The Morgan fingerprint density at radius 1 is 1.07 bits per heavy atom. The Morgan fingerprint density at radius 2 is 1.78 bits per heavy atom. The van der Waals surface area contributed by atoms with E-state index in [4.69, 9.17) is 28.9 Å². The number of nitrogens with zero attached hydrogens (tertiary/aromatic N) is 3. The lowest BCUT2D eigenvalue weighted by molar-refractivity contribution is -0.119. The van der Waals surface area contributed by atoms with E-state index in [0.717, 1.165) is 9.87 Å². The van der Waals surface area contributed by atoms with Crippen LogP contribution in [0.5, 0.6) is 0 Å². The number of halogens is 2. The van der Waals surface area contributed by atoms with E-state index < -0.39 is 22.0 Å². The molecular weight excluding hydrogens is 593 g/mol. The number of amides is 2. The minimum Gasteiger partial charge on any atom is -0.465 e. The van der Waals surface area contributed by atoms with E-state index in [2.05, 4.69) is 10.3 Å². The number of carbonyl (C=O) groups excluding carboxylic acids is 2. The molecule has 0 bridgehead atoms. The first kappa shape index (κ1) is 32.5. The van der Waals surface area contributed by atoms with Gasteiger partial charge in [0.15, 0.2) is 0 Å². The highest BCUT2D eigenvalue weighted by Crippen LogP contribution is 2.32. The molecule has 2 aromatic rings. The van der Waals surface area contributed by atoms with Gasteiger partial charge in [-0.05, 0) is 43.0 Å². The fourth-order valence-electron chi connectivity index (χ4n) is 4.26. The number of hydrogen-bond donors (Lipinski definition) is 3. The molecule has 14 heteroatoms. The first-order chi connectivity index (χ1) is 19.4. The van der Waals surface area contributed by atoms with Gasteiger partial charge in [-0.25, -0.2) is 13.2 Å². The van der Waals surface area contributed by atoms with Gasteiger partial charge in [-0.1, -0.05) is 47.5 Å². The second-order valence-electron chi connectivity index (χ2n) is 9.54. The second kappa shape index (κ2) is 14.7. The number of aliphatic imine (C=N–C) groups is 1. The third-order valence-electron chi connectivity index (χ3n) is 6.56. The van der Waals surface area contributed by atoms with Crippen LogP contribution >= 0.6 is 23.2 Å². The predicted octanol–water partition coefficient (Wildman–Crippen LogP) is 3.44. The van der Waals surface area contributed by atoms with Crippen LogP contribution < -0.4 is 11.1 Å². The maximum atomic E-state index is 13.3. The summed E-state index contributed by atoms with van der Waals surface area (Å²) >= 11 is 12.3. The van der Waals surface area contributed by atoms with E-state index in [-0.39, 0.29) is 48.2 Å². The molecule has 0 unspecified atom stereocenters. The van der Waals surface area contributed by atoms with Crippen molar-refractivity contribution in [3.63, 3.8) is 0 Å². The standard InChI is InChI=1S/C27H33Cl2N5O6S/c1-18-22(28)9-10-23(25(18)29)41(39,40)33(14-11-24(30)36)13-3-2-4-21(35)17-31-16-19-5-7-20(8-6-19)26-32-12-15-34(26)27(37)38/h5-10,31H,2-4,11-17H2,1H3,(H2,30,36)(H,37,38). The molecule has 0 fully saturated rings. The number of sulfonamides is 1. The minimum atomic E-state index is -4.03. The van der Waals surface area contributed by atoms with Crippen molar-refractivity contribution in [1.29, 1.82) is 0 Å². The fraction of sp³-hybridized carbons (Fsp3) is 0.407. The van der Waals surface area contributed by atoms with Gasteiger partial charge in [-0.3, -0.25) is 19.5 Å². The number of carbonyl (C=O) groups is 3. The summed E-state index contributed by atoms with van der Waals surface area (Å²) < 4.78 is 27.8. The van der Waals surface area contributed by atoms with Crippen LogP contribution in [0.15, 0.2) is 46.3 Å². The number of nitrogens with two attached hydrogens (primary N) is 1. The molecule has 2 amide bonds. The molecule has 0 radical (unpaired) electrons. The summed E-state index contributed by atoms with van der Waals surface area (Å²) in [6.45, 7) is 2.97. The molecule has 41 heavy (non-hydrogen) atoms. The molecule has 1 aliphatic rings. The average molecular weight is 627 g/mol. The van der Waals surface area contributed by atoms with Crippen LogP contribution in [-0.2, 0) is 26.2 Å². The SMILES string of the molecule is Cc1c(Cl)ccc(S(=O)(=O)N(CCCCC(=O)CNCc2ccc(C3=NCCN3C(=O)O)cc2)CCC(N)=O)c1Cl. The molecule has 0 aromatic heterocycles. The molecule has 0 aliphatic carbocycles. The highest BCUT2D eigenvalue weighted by molar-refractivity contribution is 7.89. The zero-order chi connectivity index (χ0) is 30.2. The third-order valence-corrected chi connectivity index (χ3v) is 9.51. The normalized spacial score (nSPS) is 13.5. The number of nitrogens with one attached hydrogen (secondary N) is 1. The summed E-state index contributed by atoms with van der Waals surface area (Å²) in [6.07, 6.45) is -0.0907. The van der Waals surface area contributed by atoms with E-state index >= 15 is 0 Å². The molecule has 4 N–H and O–H groups in total. The summed E-state index contributed by atoms with van der Waals surface area (Å²) in [5, 5.41) is 12.7. The molecular formula is C27H33Cl2N5O6S. The lowest BCUT2D eigenvalue weighted by Crippen LogP contribution is -2.35. The van der Waals surface area contributed by atoms with Crippen LogP contribution in [0.2, 0.25) is 10.0 Å². The van der Waals surface area contributed by atoms with Gasteiger partial charge < -0.3 is 16.2 Å². The van der Waals surface area contributed by atoms with E-state index in [0.29, 0.717) is 54.5 Å². The van der Waals surface area contributed by atoms with E-state index in [9.17, 15) is 27.9 Å². The number of benzene rings is 2. The largest absolute Gasteiger partial charge is 0.465 e. The molecule has 0 spiro atoms. The van der Waals surface area contributed by atoms with Gasteiger partial charge in [-0.2, -0.15) is 4.31 Å². The Hall–Kier alpha value is -3.03. The highest BCUT2D eigenvalue weighted by Gasteiger charge is 2.28. The molecule has 222 valence electrons. The van der Waals surface area contributed by atoms with Gasteiger partial charge in [0, 0.05) is 43.1 Å². The maximum absolute atomic E-state index is 13.3. The van der Waals surface area contributed by atoms with Crippen molar-refractivity contribution in [2.24, 2.45) is 10.7 Å². The zero-order valence-corrected chi connectivity index (χ0v) is 24.9. The van der Waals surface area contributed by atoms with E-state index in [1.807, 2.05) is 12.1 Å². The van der Waals surface area contributed by atoms with Crippen LogP contribution in [0, 0.1) is 6.92 Å². The molecule has 0 saturated carbocycles. The van der Waals surface area contributed by atoms with Crippen LogP contribution in [0.25, 0.3) is 0 Å². The topological polar surface area (TPSA) is 162 Å². The van der Waals surface area contributed by atoms with Crippen molar-refractivity contribution in [3.05, 3.63) is 63.1 Å². The van der Waals surface area contributed by atoms with Crippen molar-refractivity contribution in [1.82, 2.24) is 14.5 Å². The quantitative estimate of drug-likeness (QED) is 0.255. The first-order valence-electron chi connectivity index (χ1n) is 13.0. The van der Waals surface area contributed by atoms with Gasteiger partial charge in [0.05, 0.1) is 24.7 Å². The second-order valence-corrected chi connectivity index (χ2v) is 12.2. The Labute approximate surface area is 249 Å². The van der Waals surface area contributed by atoms with E-state index in [1.165, 1.54) is 17.0 Å². The van der Waals surface area contributed by atoms with Crippen LogP contribution in [0.1, 0.15) is 42.4 Å². The van der Waals surface area contributed by atoms with Crippen molar-refractivity contribution in [2.45, 2.75) is 44.0 Å². The third kappa shape index (κ3) is 8.73. The number of amidine groups is 1. The smallest absolute Gasteiger partial charge is 0.413 e. The predicted molar refractivity (Wildman–Crippen MR) is 157 cm³/mol. The number of carboxylic acid groups (broad SMARTS) is 1. The van der Waals surface area contributed by atoms with Crippen LogP contribution in [-0.4, -0.2) is 79.1 Å². The van der Waals surface area contributed by atoms with Crippen molar-refractivity contribution >= 4 is 56.8 Å². The summed E-state index contributed by atoms with van der Waals surface area (Å²) in [5.74, 6) is -0.226. The number of rotatable bonds is 15. The number of Topliss-reactive ketones (excluding diaryl/α,β-unsaturated/α-hetero) is 1. The molecule has 2 aromatic carbocycles. The monoisotopic (exact) mass is 625 g/mol. The lowest BCUT2D eigenvalue weighted by Gasteiger charge is -2.23. The average Bonchev–Trinajstić information content (AvgIpc) is 3.42. The Morgan fingerprint density at radius 3 is 2.44 bits per heavy atom. The fourth-order valence-corrected chi connectivity index (χ4v) is 6.52. The number of hydrogen-bond acceptors (Lipinski definition) is 7. The van der Waals surface area contributed by atoms with Crippen molar-refractivity contribution in [3.8, 4) is 0 Å². The summed E-state index contributed by atoms with van der Waals surface area (Å²) in [7, 11) is -4.03. The first-order valence-corrected chi connectivity index (χ1v) is 15.2. The number of primary amides is 1. The van der Waals surface area contributed by atoms with Crippen molar-refractivity contribution < 1.29 is 27.9 Å².